The van der Waals surface area contributed by atoms with Gasteiger partial charge in [0.2, 0.25) is 0 Å². The summed E-state index contributed by atoms with van der Waals surface area (Å²) in [5, 5.41) is 9.73. The van der Waals surface area contributed by atoms with Crippen LogP contribution in [0.25, 0.3) is 0 Å². The minimum absolute atomic E-state index is 0.00831. The molecule has 0 spiro atoms. The highest BCUT2D eigenvalue weighted by atomic mass is 16.5. The molecule has 0 bridgehead atoms. The van der Waals surface area contributed by atoms with Crippen molar-refractivity contribution in [2.45, 2.75) is 58.3 Å². The lowest BCUT2D eigenvalue weighted by molar-refractivity contribution is -0.145. The number of rotatable bonds is 4. The van der Waals surface area contributed by atoms with E-state index in [9.17, 15) is 9.90 Å². The van der Waals surface area contributed by atoms with Crippen molar-refractivity contribution in [1.29, 1.82) is 0 Å². The third-order valence-electron chi connectivity index (χ3n) is 2.78. The van der Waals surface area contributed by atoms with Crippen molar-refractivity contribution >= 4 is 5.91 Å². The summed E-state index contributed by atoms with van der Waals surface area (Å²) in [7, 11) is 0. The van der Waals surface area contributed by atoms with Crippen LogP contribution in [-0.4, -0.2) is 46.8 Å². The summed E-state index contributed by atoms with van der Waals surface area (Å²) in [5.41, 5.74) is -0.851. The highest BCUT2D eigenvalue weighted by molar-refractivity contribution is 5.81. The molecule has 4 nitrogen and oxygen atoms in total. The van der Waals surface area contributed by atoms with E-state index in [0.29, 0.717) is 13.1 Å². The van der Waals surface area contributed by atoms with E-state index in [0.717, 1.165) is 12.8 Å². The van der Waals surface area contributed by atoms with Gasteiger partial charge in [-0.1, -0.05) is 0 Å². The van der Waals surface area contributed by atoms with Crippen molar-refractivity contribution in [2.75, 3.05) is 13.1 Å². The van der Waals surface area contributed by atoms with Gasteiger partial charge in [0.15, 0.2) is 0 Å². The van der Waals surface area contributed by atoms with E-state index >= 15 is 0 Å². The Labute approximate surface area is 97.6 Å². The third kappa shape index (κ3) is 3.76. The Morgan fingerprint density at radius 2 is 2.12 bits per heavy atom. The Hall–Kier alpha value is -0.610. The van der Waals surface area contributed by atoms with Gasteiger partial charge in [-0.05, 0) is 40.5 Å². The predicted octanol–water partition coefficient (Wildman–Crippen LogP) is 1.17. The molecule has 0 aromatic rings. The Bertz CT molecular complexity index is 247. The molecule has 4 heteroatoms. The average molecular weight is 229 g/mol. The first kappa shape index (κ1) is 13.5. The first-order valence-electron chi connectivity index (χ1n) is 6.00. The van der Waals surface area contributed by atoms with Crippen molar-refractivity contribution in [2.24, 2.45) is 0 Å². The van der Waals surface area contributed by atoms with Crippen LogP contribution >= 0.6 is 0 Å². The summed E-state index contributed by atoms with van der Waals surface area (Å²) < 4.78 is 5.55. The summed E-state index contributed by atoms with van der Waals surface area (Å²) in [4.78, 5) is 13.8. The molecule has 1 heterocycles. The smallest absolute Gasteiger partial charge is 0.251 e. The number of nitrogens with zero attached hydrogens (tertiary/aromatic N) is 1. The van der Waals surface area contributed by atoms with E-state index in [1.165, 1.54) is 0 Å². The van der Waals surface area contributed by atoms with Gasteiger partial charge in [-0.25, -0.2) is 0 Å². The Kier molecular flexibility index (Phi) is 4.33. The molecule has 1 aliphatic rings. The standard InChI is InChI=1S/C12H23NO3/c1-5-13(8-12(3,4)15)11(14)10-7-6-9(2)16-10/h9-10,15H,5-8H2,1-4H3. The number of hydrogen-bond acceptors (Lipinski definition) is 3. The lowest BCUT2D eigenvalue weighted by Crippen LogP contribution is -2.46. The van der Waals surface area contributed by atoms with E-state index in [4.69, 9.17) is 4.74 Å². The summed E-state index contributed by atoms with van der Waals surface area (Å²) in [5.74, 6) is 0.00831. The zero-order chi connectivity index (χ0) is 12.3. The Morgan fingerprint density at radius 1 is 1.50 bits per heavy atom. The van der Waals surface area contributed by atoms with Gasteiger partial charge in [-0.3, -0.25) is 4.79 Å². The normalized spacial score (nSPS) is 25.8. The zero-order valence-corrected chi connectivity index (χ0v) is 10.7. The van der Waals surface area contributed by atoms with Crippen molar-refractivity contribution in [1.82, 2.24) is 4.90 Å². The van der Waals surface area contributed by atoms with Gasteiger partial charge in [0.05, 0.1) is 11.7 Å². The van der Waals surface area contributed by atoms with Crippen LogP contribution in [0.4, 0.5) is 0 Å². The van der Waals surface area contributed by atoms with Gasteiger partial charge < -0.3 is 14.7 Å². The van der Waals surface area contributed by atoms with Crippen molar-refractivity contribution in [3.63, 3.8) is 0 Å². The van der Waals surface area contributed by atoms with Crippen molar-refractivity contribution < 1.29 is 14.6 Å². The summed E-state index contributed by atoms with van der Waals surface area (Å²) in [6.45, 7) is 8.29. The number of carbonyl (C=O) groups excluding carboxylic acids is 1. The predicted molar refractivity (Wildman–Crippen MR) is 62.1 cm³/mol. The highest BCUT2D eigenvalue weighted by Gasteiger charge is 2.32. The molecule has 1 rings (SSSR count). The molecule has 94 valence electrons. The molecule has 2 unspecified atom stereocenters. The van der Waals surface area contributed by atoms with E-state index in [1.807, 2.05) is 13.8 Å². The van der Waals surface area contributed by atoms with Crippen LogP contribution in [0, 0.1) is 0 Å². The second kappa shape index (κ2) is 5.15. The quantitative estimate of drug-likeness (QED) is 0.787. The number of likely N-dealkylation sites (N-methyl/N-ethyl adjacent to an activating group) is 1. The highest BCUT2D eigenvalue weighted by Crippen LogP contribution is 2.21. The molecule has 1 saturated heterocycles. The van der Waals surface area contributed by atoms with Gasteiger partial charge in [0.25, 0.3) is 5.91 Å². The molecule has 1 N–H and O–H groups in total. The van der Waals surface area contributed by atoms with Crippen LogP contribution in [-0.2, 0) is 9.53 Å². The van der Waals surface area contributed by atoms with Gasteiger partial charge >= 0.3 is 0 Å². The molecule has 1 aliphatic heterocycles. The molecule has 0 saturated carbocycles. The van der Waals surface area contributed by atoms with Crippen molar-refractivity contribution in [3.05, 3.63) is 0 Å². The first-order valence-corrected chi connectivity index (χ1v) is 6.00. The number of amides is 1. The van der Waals surface area contributed by atoms with Crippen LogP contribution in [0.1, 0.15) is 40.5 Å². The van der Waals surface area contributed by atoms with Crippen LogP contribution in [0.3, 0.4) is 0 Å². The number of aliphatic hydroxyl groups is 1. The molecule has 2 atom stereocenters. The van der Waals surface area contributed by atoms with Crippen molar-refractivity contribution in [3.8, 4) is 0 Å². The molecule has 1 fully saturated rings. The maximum Gasteiger partial charge on any atom is 0.251 e. The first-order chi connectivity index (χ1) is 7.33. The van der Waals surface area contributed by atoms with Crippen LogP contribution in [0.2, 0.25) is 0 Å². The largest absolute Gasteiger partial charge is 0.389 e. The number of carbonyl (C=O) groups is 1. The van der Waals surface area contributed by atoms with E-state index < -0.39 is 5.60 Å². The maximum atomic E-state index is 12.1. The second-order valence-electron chi connectivity index (χ2n) is 5.18. The van der Waals surface area contributed by atoms with Crippen LogP contribution < -0.4 is 0 Å². The lowest BCUT2D eigenvalue weighted by Gasteiger charge is -2.29. The van der Waals surface area contributed by atoms with E-state index in [-0.39, 0.29) is 18.1 Å². The zero-order valence-electron chi connectivity index (χ0n) is 10.7. The Morgan fingerprint density at radius 3 is 2.50 bits per heavy atom. The topological polar surface area (TPSA) is 49.8 Å². The number of ether oxygens (including phenoxy) is 1. The average Bonchev–Trinajstić information content (AvgIpc) is 2.58. The fraction of sp³-hybridized carbons (Fsp3) is 0.917. The van der Waals surface area contributed by atoms with Gasteiger partial charge in [0, 0.05) is 13.1 Å². The van der Waals surface area contributed by atoms with E-state index in [1.54, 1.807) is 18.7 Å². The molecule has 1 amide bonds. The number of hydrogen-bond donors (Lipinski definition) is 1. The molecule has 0 aromatic heterocycles. The minimum Gasteiger partial charge on any atom is -0.389 e. The summed E-state index contributed by atoms with van der Waals surface area (Å²) in [6, 6.07) is 0. The molecule has 0 aromatic carbocycles. The molecular weight excluding hydrogens is 206 g/mol. The maximum absolute atomic E-state index is 12.1. The SMILES string of the molecule is CCN(CC(C)(C)O)C(=O)C1CCC(C)O1. The summed E-state index contributed by atoms with van der Waals surface area (Å²) >= 11 is 0. The summed E-state index contributed by atoms with van der Waals surface area (Å²) in [6.07, 6.45) is 1.60. The second-order valence-corrected chi connectivity index (χ2v) is 5.18. The lowest BCUT2D eigenvalue weighted by atomic mass is 10.1. The van der Waals surface area contributed by atoms with E-state index in [2.05, 4.69) is 0 Å². The van der Waals surface area contributed by atoms with Gasteiger partial charge in [-0.2, -0.15) is 0 Å². The van der Waals surface area contributed by atoms with Gasteiger partial charge in [-0.15, -0.1) is 0 Å². The monoisotopic (exact) mass is 229 g/mol. The molecule has 0 radical (unpaired) electrons. The molecule has 16 heavy (non-hydrogen) atoms. The van der Waals surface area contributed by atoms with Crippen LogP contribution in [0.15, 0.2) is 0 Å². The Balaban J connectivity index is 2.56. The van der Waals surface area contributed by atoms with Gasteiger partial charge in [0.1, 0.15) is 6.10 Å². The fourth-order valence-corrected chi connectivity index (χ4v) is 2.00. The third-order valence-corrected chi connectivity index (χ3v) is 2.78. The molecule has 0 aliphatic carbocycles. The minimum atomic E-state index is -0.851. The fourth-order valence-electron chi connectivity index (χ4n) is 2.00. The molecular formula is C12H23NO3. The van der Waals surface area contributed by atoms with Crippen LogP contribution in [0.5, 0.6) is 0 Å².